The van der Waals surface area contributed by atoms with Gasteiger partial charge in [0.05, 0.1) is 7.11 Å². The van der Waals surface area contributed by atoms with Crippen molar-refractivity contribution in [1.29, 1.82) is 0 Å². The lowest BCUT2D eigenvalue weighted by atomic mass is 10.1. The van der Waals surface area contributed by atoms with Gasteiger partial charge in [0, 0.05) is 12.7 Å². The molecule has 0 saturated heterocycles. The average Bonchev–Trinajstić information content (AvgIpc) is 2.40. The number of nitrogens with one attached hydrogen (secondary N) is 3. The summed E-state index contributed by atoms with van der Waals surface area (Å²) in [7, 11) is 3.05. The fourth-order valence-corrected chi connectivity index (χ4v) is 1.51. The lowest BCUT2D eigenvalue weighted by molar-refractivity contribution is -0.120. The summed E-state index contributed by atoms with van der Waals surface area (Å²) in [5.74, 6) is 0.361. The van der Waals surface area contributed by atoms with E-state index in [9.17, 15) is 9.59 Å². The molecule has 0 spiro atoms. The minimum Gasteiger partial charge on any atom is -0.497 e. The zero-order valence-electron chi connectivity index (χ0n) is 11.5. The Hall–Kier alpha value is -2.24. The zero-order chi connectivity index (χ0) is 14.4. The van der Waals surface area contributed by atoms with Crippen LogP contribution in [0, 0.1) is 6.92 Å². The third-order valence-electron chi connectivity index (χ3n) is 2.66. The summed E-state index contributed by atoms with van der Waals surface area (Å²) in [4.78, 5) is 22.7. The summed E-state index contributed by atoms with van der Waals surface area (Å²) in [5, 5.41) is 7.58. The third kappa shape index (κ3) is 4.17. The van der Waals surface area contributed by atoms with E-state index in [1.807, 2.05) is 19.1 Å². The number of rotatable bonds is 4. The first-order chi connectivity index (χ1) is 8.97. The van der Waals surface area contributed by atoms with Gasteiger partial charge >= 0.3 is 6.03 Å². The first-order valence-corrected chi connectivity index (χ1v) is 5.91. The van der Waals surface area contributed by atoms with E-state index in [2.05, 4.69) is 16.0 Å². The van der Waals surface area contributed by atoms with Crippen molar-refractivity contribution in [2.45, 2.75) is 19.9 Å². The fraction of sp³-hybridized carbons (Fsp3) is 0.385. The largest absolute Gasteiger partial charge is 0.497 e. The third-order valence-corrected chi connectivity index (χ3v) is 2.66. The number of benzene rings is 1. The number of imide groups is 1. The second kappa shape index (κ2) is 6.63. The van der Waals surface area contributed by atoms with Gasteiger partial charge in [-0.3, -0.25) is 10.1 Å². The van der Waals surface area contributed by atoms with E-state index in [0.29, 0.717) is 0 Å². The van der Waals surface area contributed by atoms with Gasteiger partial charge in [0.2, 0.25) is 5.91 Å². The molecule has 19 heavy (non-hydrogen) atoms. The number of hydrogen-bond donors (Lipinski definition) is 3. The van der Waals surface area contributed by atoms with Crippen molar-refractivity contribution in [3.8, 4) is 5.75 Å². The molecule has 0 aliphatic carbocycles. The van der Waals surface area contributed by atoms with Crippen LogP contribution in [0.2, 0.25) is 0 Å². The van der Waals surface area contributed by atoms with Crippen LogP contribution in [0.3, 0.4) is 0 Å². The van der Waals surface area contributed by atoms with Crippen LogP contribution in [0.15, 0.2) is 18.2 Å². The van der Waals surface area contributed by atoms with Crippen molar-refractivity contribution in [2.24, 2.45) is 0 Å². The molecule has 1 aromatic carbocycles. The van der Waals surface area contributed by atoms with Gasteiger partial charge in [-0.25, -0.2) is 4.79 Å². The number of carbonyl (C=O) groups excluding carboxylic acids is 2. The molecule has 3 N–H and O–H groups in total. The lowest BCUT2D eigenvalue weighted by Crippen LogP contribution is -2.44. The van der Waals surface area contributed by atoms with Gasteiger partial charge in [-0.1, -0.05) is 0 Å². The van der Waals surface area contributed by atoms with Gasteiger partial charge < -0.3 is 15.4 Å². The van der Waals surface area contributed by atoms with E-state index in [4.69, 9.17) is 4.74 Å². The van der Waals surface area contributed by atoms with Crippen molar-refractivity contribution in [3.05, 3.63) is 23.8 Å². The molecule has 6 nitrogen and oxygen atoms in total. The zero-order valence-corrected chi connectivity index (χ0v) is 11.5. The lowest BCUT2D eigenvalue weighted by Gasteiger charge is -2.16. The predicted molar refractivity (Wildman–Crippen MR) is 73.4 cm³/mol. The average molecular weight is 265 g/mol. The summed E-state index contributed by atoms with van der Waals surface area (Å²) >= 11 is 0. The highest BCUT2D eigenvalue weighted by Crippen LogP contribution is 2.21. The number of urea groups is 1. The molecule has 1 aromatic rings. The van der Waals surface area contributed by atoms with Gasteiger partial charge in [0.1, 0.15) is 11.8 Å². The fourth-order valence-electron chi connectivity index (χ4n) is 1.51. The van der Waals surface area contributed by atoms with Crippen molar-refractivity contribution < 1.29 is 14.3 Å². The highest BCUT2D eigenvalue weighted by molar-refractivity contribution is 5.97. The van der Waals surface area contributed by atoms with Crippen LogP contribution < -0.4 is 20.7 Å². The maximum Gasteiger partial charge on any atom is 0.321 e. The maximum absolute atomic E-state index is 11.7. The monoisotopic (exact) mass is 265 g/mol. The van der Waals surface area contributed by atoms with Gasteiger partial charge in [0.15, 0.2) is 0 Å². The summed E-state index contributed by atoms with van der Waals surface area (Å²) in [6, 6.07) is 4.46. The first-order valence-electron chi connectivity index (χ1n) is 5.91. The topological polar surface area (TPSA) is 79.5 Å². The molecular weight excluding hydrogens is 246 g/mol. The molecule has 3 amide bonds. The summed E-state index contributed by atoms with van der Waals surface area (Å²) in [6.07, 6.45) is 0. The van der Waals surface area contributed by atoms with E-state index in [-0.39, 0.29) is 0 Å². The second-order valence-corrected chi connectivity index (χ2v) is 4.12. The van der Waals surface area contributed by atoms with Crippen LogP contribution in [0.5, 0.6) is 5.75 Å². The van der Waals surface area contributed by atoms with Gasteiger partial charge in [-0.15, -0.1) is 0 Å². The molecule has 0 aliphatic rings. The van der Waals surface area contributed by atoms with Crippen molar-refractivity contribution >= 4 is 17.6 Å². The second-order valence-electron chi connectivity index (χ2n) is 4.12. The minimum atomic E-state index is -0.524. The Balaban J connectivity index is 2.68. The van der Waals surface area contributed by atoms with E-state index >= 15 is 0 Å². The number of anilines is 1. The summed E-state index contributed by atoms with van der Waals surface area (Å²) < 4.78 is 5.11. The Morgan fingerprint density at radius 1 is 1.32 bits per heavy atom. The van der Waals surface area contributed by atoms with Crippen LogP contribution in [-0.4, -0.2) is 32.1 Å². The highest BCUT2D eigenvalue weighted by Gasteiger charge is 2.15. The number of hydrogen-bond acceptors (Lipinski definition) is 4. The van der Waals surface area contributed by atoms with Crippen molar-refractivity contribution in [1.82, 2.24) is 10.6 Å². The molecule has 0 fully saturated rings. The standard InChI is InChI=1S/C13H19N3O3/c1-8-7-10(19-4)5-6-11(8)15-9(2)12(17)16-13(18)14-3/h5-7,9,15H,1-4H3,(H2,14,16,17,18). The molecule has 1 rings (SSSR count). The molecular formula is C13H19N3O3. The van der Waals surface area contributed by atoms with Crippen LogP contribution in [0.25, 0.3) is 0 Å². The Morgan fingerprint density at radius 3 is 2.53 bits per heavy atom. The maximum atomic E-state index is 11.7. The predicted octanol–water partition coefficient (Wildman–Crippen LogP) is 1.26. The number of carbonyl (C=O) groups is 2. The van der Waals surface area contributed by atoms with E-state index in [0.717, 1.165) is 17.0 Å². The smallest absolute Gasteiger partial charge is 0.321 e. The molecule has 0 bridgehead atoms. The van der Waals surface area contributed by atoms with E-state index in [1.165, 1.54) is 7.05 Å². The molecule has 104 valence electrons. The number of aryl methyl sites for hydroxylation is 1. The van der Waals surface area contributed by atoms with E-state index < -0.39 is 18.0 Å². The van der Waals surface area contributed by atoms with Crippen LogP contribution in [-0.2, 0) is 4.79 Å². The quantitative estimate of drug-likeness (QED) is 0.765. The van der Waals surface area contributed by atoms with Gasteiger partial charge in [0.25, 0.3) is 0 Å². The van der Waals surface area contributed by atoms with Crippen LogP contribution in [0.4, 0.5) is 10.5 Å². The Labute approximate surface area is 112 Å². The van der Waals surface area contributed by atoms with Gasteiger partial charge in [-0.05, 0) is 37.6 Å². The Morgan fingerprint density at radius 2 is 2.00 bits per heavy atom. The van der Waals surface area contributed by atoms with Gasteiger partial charge in [-0.2, -0.15) is 0 Å². The minimum absolute atomic E-state index is 0.394. The Bertz CT molecular complexity index is 474. The van der Waals surface area contributed by atoms with Crippen LogP contribution in [0.1, 0.15) is 12.5 Å². The van der Waals surface area contributed by atoms with Crippen molar-refractivity contribution in [3.63, 3.8) is 0 Å². The number of ether oxygens (including phenoxy) is 1. The summed E-state index contributed by atoms with van der Waals surface area (Å²) in [5.41, 5.74) is 1.78. The molecule has 0 radical (unpaired) electrons. The van der Waals surface area contributed by atoms with Crippen molar-refractivity contribution in [2.75, 3.05) is 19.5 Å². The van der Waals surface area contributed by atoms with E-state index in [1.54, 1.807) is 20.1 Å². The first kappa shape index (κ1) is 14.8. The highest BCUT2D eigenvalue weighted by atomic mass is 16.5. The molecule has 6 heteroatoms. The van der Waals surface area contributed by atoms with Crippen LogP contribution >= 0.6 is 0 Å². The molecule has 0 aliphatic heterocycles. The molecule has 0 heterocycles. The SMILES string of the molecule is CNC(=O)NC(=O)C(C)Nc1ccc(OC)cc1C. The normalized spacial score (nSPS) is 11.4. The molecule has 1 unspecified atom stereocenters. The Kier molecular flexibility index (Phi) is 5.17. The number of amides is 3. The number of methoxy groups -OCH3 is 1. The molecule has 0 aromatic heterocycles. The summed E-state index contributed by atoms with van der Waals surface area (Å²) in [6.45, 7) is 3.59. The molecule has 0 saturated carbocycles. The molecule has 1 atom stereocenters.